The highest BCUT2D eigenvalue weighted by molar-refractivity contribution is 8.14. The van der Waals surface area contributed by atoms with Crippen LogP contribution in [-0.4, -0.2) is 29.5 Å². The van der Waals surface area contributed by atoms with E-state index in [1.807, 2.05) is 31.2 Å². The first-order chi connectivity index (χ1) is 10.1. The van der Waals surface area contributed by atoms with E-state index in [-0.39, 0.29) is 17.2 Å². The van der Waals surface area contributed by atoms with Crippen molar-refractivity contribution in [2.45, 2.75) is 19.0 Å². The maximum absolute atomic E-state index is 12.0. The van der Waals surface area contributed by atoms with E-state index < -0.39 is 6.04 Å². The molecule has 6 heteroatoms. The first-order valence-corrected chi connectivity index (χ1v) is 7.61. The summed E-state index contributed by atoms with van der Waals surface area (Å²) in [6.45, 7) is 2.24. The maximum Gasteiger partial charge on any atom is 0.279 e. The van der Waals surface area contributed by atoms with Crippen LogP contribution in [0.15, 0.2) is 24.3 Å². The molecule has 0 saturated carbocycles. The number of carbonyl (C=O) groups excluding carboxylic acids is 2. The molecule has 0 aromatic heterocycles. The molecule has 0 bridgehead atoms. The van der Waals surface area contributed by atoms with Crippen molar-refractivity contribution in [3.05, 3.63) is 35.4 Å². The maximum atomic E-state index is 12.0. The largest absolute Gasteiger partial charge is 0.348 e. The molecular formula is C15H17N3O2S. The van der Waals surface area contributed by atoms with Gasteiger partial charge in [0.25, 0.3) is 5.24 Å². The summed E-state index contributed by atoms with van der Waals surface area (Å²) in [5.41, 5.74) is 7.20. The quantitative estimate of drug-likeness (QED) is 0.727. The second-order valence-electron chi connectivity index (χ2n) is 4.65. The van der Waals surface area contributed by atoms with Crippen LogP contribution in [0.5, 0.6) is 0 Å². The topological polar surface area (TPSA) is 84.2 Å². The molecule has 1 saturated heterocycles. The van der Waals surface area contributed by atoms with Gasteiger partial charge in [-0.25, -0.2) is 0 Å². The summed E-state index contributed by atoms with van der Waals surface area (Å²) >= 11 is 1.13. The summed E-state index contributed by atoms with van der Waals surface area (Å²) < 4.78 is 0. The van der Waals surface area contributed by atoms with Crippen molar-refractivity contribution in [3.63, 3.8) is 0 Å². The molecule has 0 spiro atoms. The molecule has 0 radical (unpaired) electrons. The molecule has 1 aliphatic rings. The zero-order valence-corrected chi connectivity index (χ0v) is 12.5. The van der Waals surface area contributed by atoms with Crippen molar-refractivity contribution in [3.8, 4) is 11.8 Å². The Bertz CT molecular complexity index is 589. The molecule has 5 nitrogen and oxygen atoms in total. The standard InChI is InChI=1S/C15H17N3O2S/c1-10(17-14(19)13-9-21-15(20)18-13)12-6-4-11(5-7-12)3-2-8-16/h4-7,10,13H,8-9,16H2,1H3,(H,17,19)(H,18,20). The minimum absolute atomic E-state index is 0.128. The van der Waals surface area contributed by atoms with E-state index >= 15 is 0 Å². The van der Waals surface area contributed by atoms with Crippen LogP contribution >= 0.6 is 11.8 Å². The van der Waals surface area contributed by atoms with Gasteiger partial charge in [0.1, 0.15) is 6.04 Å². The molecule has 0 aliphatic carbocycles. The molecule has 1 fully saturated rings. The summed E-state index contributed by atoms with van der Waals surface area (Å²) in [5.74, 6) is 6.06. The van der Waals surface area contributed by atoms with Crippen molar-refractivity contribution in [1.82, 2.24) is 10.6 Å². The Balaban J connectivity index is 1.95. The zero-order valence-electron chi connectivity index (χ0n) is 11.7. The molecule has 1 aromatic carbocycles. The Morgan fingerprint density at radius 3 is 2.81 bits per heavy atom. The third-order valence-electron chi connectivity index (χ3n) is 3.09. The summed E-state index contributed by atoms with van der Waals surface area (Å²) in [4.78, 5) is 23.1. The third-order valence-corrected chi connectivity index (χ3v) is 3.97. The number of thioether (sulfide) groups is 1. The minimum atomic E-state index is -0.445. The van der Waals surface area contributed by atoms with Gasteiger partial charge in [-0.1, -0.05) is 35.7 Å². The van der Waals surface area contributed by atoms with Crippen LogP contribution in [0.2, 0.25) is 0 Å². The molecule has 1 aliphatic heterocycles. The summed E-state index contributed by atoms with van der Waals surface area (Å²) in [5, 5.41) is 5.38. The van der Waals surface area contributed by atoms with E-state index in [0.717, 1.165) is 22.9 Å². The van der Waals surface area contributed by atoms with E-state index in [4.69, 9.17) is 5.73 Å². The van der Waals surface area contributed by atoms with Crippen LogP contribution in [-0.2, 0) is 4.79 Å². The van der Waals surface area contributed by atoms with Crippen molar-refractivity contribution in [2.75, 3.05) is 12.3 Å². The number of nitrogens with one attached hydrogen (secondary N) is 2. The van der Waals surface area contributed by atoms with Crippen LogP contribution in [0.1, 0.15) is 24.1 Å². The van der Waals surface area contributed by atoms with Gasteiger partial charge in [-0.2, -0.15) is 0 Å². The fraction of sp³-hybridized carbons (Fsp3) is 0.333. The second kappa shape index (κ2) is 7.16. The van der Waals surface area contributed by atoms with Crippen molar-refractivity contribution >= 4 is 22.9 Å². The van der Waals surface area contributed by atoms with Gasteiger partial charge in [0.15, 0.2) is 0 Å². The number of benzene rings is 1. The first-order valence-electron chi connectivity index (χ1n) is 6.62. The normalized spacial score (nSPS) is 18.4. The second-order valence-corrected chi connectivity index (χ2v) is 5.65. The van der Waals surface area contributed by atoms with Crippen LogP contribution < -0.4 is 16.4 Å². The van der Waals surface area contributed by atoms with Gasteiger partial charge in [-0.05, 0) is 24.6 Å². The molecular weight excluding hydrogens is 286 g/mol. The van der Waals surface area contributed by atoms with Gasteiger partial charge < -0.3 is 16.4 Å². The fourth-order valence-electron chi connectivity index (χ4n) is 1.93. The van der Waals surface area contributed by atoms with Crippen molar-refractivity contribution in [1.29, 1.82) is 0 Å². The molecule has 2 atom stereocenters. The van der Waals surface area contributed by atoms with Crippen molar-refractivity contribution in [2.24, 2.45) is 5.73 Å². The van der Waals surface area contributed by atoms with Crippen LogP contribution in [0.25, 0.3) is 0 Å². The first kappa shape index (κ1) is 15.4. The lowest BCUT2D eigenvalue weighted by Crippen LogP contribution is -2.43. The fourth-order valence-corrected chi connectivity index (χ4v) is 2.71. The van der Waals surface area contributed by atoms with Gasteiger partial charge in [0.2, 0.25) is 5.91 Å². The minimum Gasteiger partial charge on any atom is -0.348 e. The van der Waals surface area contributed by atoms with E-state index in [1.165, 1.54) is 0 Å². The zero-order chi connectivity index (χ0) is 15.2. The van der Waals surface area contributed by atoms with Crippen LogP contribution in [0.3, 0.4) is 0 Å². The number of nitrogens with two attached hydrogens (primary N) is 1. The van der Waals surface area contributed by atoms with Crippen LogP contribution in [0, 0.1) is 11.8 Å². The smallest absolute Gasteiger partial charge is 0.279 e. The van der Waals surface area contributed by atoms with Gasteiger partial charge in [0, 0.05) is 11.3 Å². The molecule has 21 heavy (non-hydrogen) atoms. The highest BCUT2D eigenvalue weighted by Gasteiger charge is 2.28. The van der Waals surface area contributed by atoms with Gasteiger partial charge in [-0.15, -0.1) is 0 Å². The summed E-state index contributed by atoms with van der Waals surface area (Å²) in [6, 6.07) is 7.07. The third kappa shape index (κ3) is 4.25. The molecule has 1 aromatic rings. The average molecular weight is 303 g/mol. The molecule has 110 valence electrons. The molecule has 2 unspecified atom stereocenters. The highest BCUT2D eigenvalue weighted by atomic mass is 32.2. The average Bonchev–Trinajstić information content (AvgIpc) is 2.92. The SMILES string of the molecule is CC(NC(=O)C1CSC(=O)N1)c1ccc(C#CCN)cc1. The van der Waals surface area contributed by atoms with Crippen LogP contribution in [0.4, 0.5) is 4.79 Å². The number of hydrogen-bond donors (Lipinski definition) is 3. The predicted molar refractivity (Wildman–Crippen MR) is 83.7 cm³/mol. The van der Waals surface area contributed by atoms with E-state index in [9.17, 15) is 9.59 Å². The monoisotopic (exact) mass is 303 g/mol. The Kier molecular flexibility index (Phi) is 5.26. The number of carbonyl (C=O) groups is 2. The Morgan fingerprint density at radius 2 is 2.24 bits per heavy atom. The van der Waals surface area contributed by atoms with Crippen molar-refractivity contribution < 1.29 is 9.59 Å². The Morgan fingerprint density at radius 1 is 1.52 bits per heavy atom. The molecule has 1 heterocycles. The van der Waals surface area contributed by atoms with Gasteiger partial charge >= 0.3 is 0 Å². The molecule has 2 amide bonds. The number of hydrogen-bond acceptors (Lipinski definition) is 4. The van der Waals surface area contributed by atoms with E-state index in [1.54, 1.807) is 0 Å². The summed E-state index contributed by atoms with van der Waals surface area (Å²) in [6.07, 6.45) is 0. The lowest BCUT2D eigenvalue weighted by Gasteiger charge is -2.17. The lowest BCUT2D eigenvalue weighted by molar-refractivity contribution is -0.122. The lowest BCUT2D eigenvalue weighted by atomic mass is 10.1. The summed E-state index contributed by atoms with van der Waals surface area (Å²) in [7, 11) is 0. The van der Waals surface area contributed by atoms with E-state index in [0.29, 0.717) is 12.3 Å². The van der Waals surface area contributed by atoms with Gasteiger partial charge in [0.05, 0.1) is 12.6 Å². The number of amides is 2. The Labute approximate surface area is 128 Å². The van der Waals surface area contributed by atoms with Gasteiger partial charge in [-0.3, -0.25) is 9.59 Å². The Hall–Kier alpha value is -1.97. The van der Waals surface area contributed by atoms with E-state index in [2.05, 4.69) is 22.5 Å². The molecule has 4 N–H and O–H groups in total. The highest BCUT2D eigenvalue weighted by Crippen LogP contribution is 2.16. The predicted octanol–water partition coefficient (Wildman–Crippen LogP) is 0.999. The molecule has 2 rings (SSSR count). The number of rotatable bonds is 3.